The summed E-state index contributed by atoms with van der Waals surface area (Å²) in [6, 6.07) is 0.394. The first-order valence-electron chi connectivity index (χ1n) is 4.62. The third-order valence-electron chi connectivity index (χ3n) is 2.04. The second-order valence-electron chi connectivity index (χ2n) is 3.72. The molecule has 0 bridgehead atoms. The molecule has 0 aromatic heterocycles. The number of hydrogen-bond donors (Lipinski definition) is 1. The lowest BCUT2D eigenvalue weighted by Crippen LogP contribution is -2.27. The number of halogens is 3. The molecule has 92 valence electrons. The maximum absolute atomic E-state index is 10.6. The monoisotopic (exact) mass is 237 g/mol. The first-order chi connectivity index (χ1) is 7.20. The third-order valence-corrected chi connectivity index (χ3v) is 2.04. The Morgan fingerprint density at radius 2 is 1.88 bits per heavy atom. The van der Waals surface area contributed by atoms with Gasteiger partial charge in [-0.1, -0.05) is 5.92 Å². The van der Waals surface area contributed by atoms with Gasteiger partial charge in [0.1, 0.15) is 0 Å². The Morgan fingerprint density at radius 1 is 1.50 bits per heavy atom. The van der Waals surface area contributed by atoms with Crippen LogP contribution >= 0.6 is 0 Å². The summed E-state index contributed by atoms with van der Waals surface area (Å²) in [6.07, 6.45) is 2.89. The Kier molecular flexibility index (Phi) is 5.31. The topological polar surface area (TPSA) is 40.5 Å². The van der Waals surface area contributed by atoms with E-state index in [-0.39, 0.29) is 0 Å². The van der Waals surface area contributed by atoms with Crippen molar-refractivity contribution in [1.29, 1.82) is 0 Å². The lowest BCUT2D eigenvalue weighted by molar-refractivity contribution is -0.192. The van der Waals surface area contributed by atoms with Gasteiger partial charge < -0.3 is 5.11 Å². The van der Waals surface area contributed by atoms with Crippen molar-refractivity contribution < 1.29 is 23.1 Å². The molecule has 0 aromatic rings. The number of aliphatic carboxylic acids is 1. The van der Waals surface area contributed by atoms with Crippen molar-refractivity contribution in [2.45, 2.75) is 25.1 Å². The molecule has 1 rings (SSSR count). The number of alkyl halides is 3. The van der Waals surface area contributed by atoms with E-state index in [9.17, 15) is 13.2 Å². The fourth-order valence-electron chi connectivity index (χ4n) is 1.12. The lowest BCUT2D eigenvalue weighted by Gasteiger charge is -2.17. The molecular formula is C10H14F3NO2. The fraction of sp³-hybridized carbons (Fsp3) is 0.700. The van der Waals surface area contributed by atoms with Crippen LogP contribution in [0.2, 0.25) is 0 Å². The SMILES string of the molecule is C#CC(C1CC1)N(C)C.O=C(O)C(F)(F)F. The zero-order valence-corrected chi connectivity index (χ0v) is 9.08. The number of nitrogens with zero attached hydrogens (tertiary/aromatic N) is 1. The second-order valence-corrected chi connectivity index (χ2v) is 3.72. The fourth-order valence-corrected chi connectivity index (χ4v) is 1.12. The Bertz CT molecular complexity index is 275. The van der Waals surface area contributed by atoms with Gasteiger partial charge in [-0.2, -0.15) is 13.2 Å². The summed E-state index contributed by atoms with van der Waals surface area (Å²) < 4.78 is 31.7. The van der Waals surface area contributed by atoms with Gasteiger partial charge in [-0.25, -0.2) is 4.79 Å². The highest BCUT2D eigenvalue weighted by molar-refractivity contribution is 5.73. The smallest absolute Gasteiger partial charge is 0.475 e. The van der Waals surface area contributed by atoms with Crippen LogP contribution in [0.3, 0.4) is 0 Å². The summed E-state index contributed by atoms with van der Waals surface area (Å²) >= 11 is 0. The van der Waals surface area contributed by atoms with Crippen LogP contribution in [0.4, 0.5) is 13.2 Å². The van der Waals surface area contributed by atoms with Crippen LogP contribution in [0.25, 0.3) is 0 Å². The van der Waals surface area contributed by atoms with Crippen molar-refractivity contribution in [2.24, 2.45) is 5.92 Å². The van der Waals surface area contributed by atoms with E-state index < -0.39 is 12.1 Å². The van der Waals surface area contributed by atoms with Crippen molar-refractivity contribution in [1.82, 2.24) is 4.90 Å². The van der Waals surface area contributed by atoms with Gasteiger partial charge in [0.25, 0.3) is 0 Å². The number of terminal acetylenes is 1. The molecule has 6 heteroatoms. The van der Waals surface area contributed by atoms with Gasteiger partial charge in [0, 0.05) is 0 Å². The number of carboxylic acids is 1. The molecule has 16 heavy (non-hydrogen) atoms. The van der Waals surface area contributed by atoms with E-state index in [1.54, 1.807) is 0 Å². The maximum Gasteiger partial charge on any atom is 0.490 e. The normalized spacial score (nSPS) is 17.1. The predicted molar refractivity (Wildman–Crippen MR) is 52.7 cm³/mol. The zero-order valence-electron chi connectivity index (χ0n) is 9.08. The summed E-state index contributed by atoms with van der Waals surface area (Å²) in [5.74, 6) is 0.829. The molecule has 0 amide bonds. The average Bonchev–Trinajstić information content (AvgIpc) is 2.88. The summed E-state index contributed by atoms with van der Waals surface area (Å²) in [5, 5.41) is 7.12. The third kappa shape index (κ3) is 5.61. The van der Waals surface area contributed by atoms with Crippen LogP contribution in [0.5, 0.6) is 0 Å². The molecule has 1 unspecified atom stereocenters. The highest BCUT2D eigenvalue weighted by Gasteiger charge is 2.38. The molecule has 0 aromatic carbocycles. The van der Waals surface area contributed by atoms with Crippen molar-refractivity contribution in [3.05, 3.63) is 0 Å². The Hall–Kier alpha value is -1.22. The summed E-state index contributed by atoms with van der Waals surface area (Å²) in [7, 11) is 4.09. The molecule has 0 heterocycles. The molecular weight excluding hydrogens is 223 g/mol. The van der Waals surface area contributed by atoms with Gasteiger partial charge in [-0.15, -0.1) is 6.42 Å². The standard InChI is InChI=1S/C8H13N.C2HF3O2/c1-4-8(9(2)3)7-5-6-7;3-2(4,5)1(6)7/h1,7-8H,5-6H2,2-3H3;(H,6,7). The highest BCUT2D eigenvalue weighted by Crippen LogP contribution is 2.33. The second kappa shape index (κ2) is 5.75. The number of hydrogen-bond acceptors (Lipinski definition) is 2. The minimum Gasteiger partial charge on any atom is -0.475 e. The van der Waals surface area contributed by atoms with Gasteiger partial charge in [-0.3, -0.25) is 4.90 Å². The molecule has 1 fully saturated rings. The predicted octanol–water partition coefficient (Wildman–Crippen LogP) is 1.59. The molecule has 0 aliphatic heterocycles. The summed E-state index contributed by atoms with van der Waals surface area (Å²) in [5.41, 5.74) is 0. The van der Waals surface area contributed by atoms with Crippen LogP contribution in [0, 0.1) is 18.3 Å². The van der Waals surface area contributed by atoms with Gasteiger partial charge in [0.2, 0.25) is 0 Å². The van der Waals surface area contributed by atoms with E-state index in [0.29, 0.717) is 6.04 Å². The van der Waals surface area contributed by atoms with Crippen molar-refractivity contribution in [3.8, 4) is 12.3 Å². The Morgan fingerprint density at radius 3 is 1.94 bits per heavy atom. The molecule has 0 radical (unpaired) electrons. The minimum absolute atomic E-state index is 0.394. The van der Waals surface area contributed by atoms with E-state index in [4.69, 9.17) is 16.3 Å². The first-order valence-corrected chi connectivity index (χ1v) is 4.62. The van der Waals surface area contributed by atoms with Crippen LogP contribution in [0.15, 0.2) is 0 Å². The summed E-state index contributed by atoms with van der Waals surface area (Å²) in [4.78, 5) is 11.0. The highest BCUT2D eigenvalue weighted by atomic mass is 19.4. The van der Waals surface area contributed by atoms with Gasteiger partial charge in [0.15, 0.2) is 0 Å². The lowest BCUT2D eigenvalue weighted by atomic mass is 10.2. The quantitative estimate of drug-likeness (QED) is 0.741. The van der Waals surface area contributed by atoms with Gasteiger partial charge >= 0.3 is 12.1 Å². The summed E-state index contributed by atoms with van der Waals surface area (Å²) in [6.45, 7) is 0. The van der Waals surface area contributed by atoms with Crippen molar-refractivity contribution >= 4 is 5.97 Å². The van der Waals surface area contributed by atoms with E-state index >= 15 is 0 Å². The Balaban J connectivity index is 0.000000293. The molecule has 0 saturated heterocycles. The van der Waals surface area contributed by atoms with Crippen molar-refractivity contribution in [2.75, 3.05) is 14.1 Å². The van der Waals surface area contributed by atoms with E-state index in [0.717, 1.165) is 5.92 Å². The number of carbonyl (C=O) groups is 1. The van der Waals surface area contributed by atoms with E-state index in [2.05, 4.69) is 10.8 Å². The Labute approximate surface area is 92.2 Å². The number of rotatable bonds is 2. The van der Waals surface area contributed by atoms with Crippen LogP contribution in [-0.2, 0) is 4.79 Å². The molecule has 1 atom stereocenters. The molecule has 3 nitrogen and oxygen atoms in total. The number of carboxylic acid groups (broad SMARTS) is 1. The molecule has 1 saturated carbocycles. The average molecular weight is 237 g/mol. The zero-order chi connectivity index (χ0) is 12.9. The van der Waals surface area contributed by atoms with Gasteiger partial charge in [-0.05, 0) is 32.9 Å². The van der Waals surface area contributed by atoms with Crippen molar-refractivity contribution in [3.63, 3.8) is 0 Å². The van der Waals surface area contributed by atoms with Crippen LogP contribution in [-0.4, -0.2) is 42.3 Å². The van der Waals surface area contributed by atoms with Gasteiger partial charge in [0.05, 0.1) is 6.04 Å². The molecule has 0 spiro atoms. The van der Waals surface area contributed by atoms with Crippen LogP contribution in [0.1, 0.15) is 12.8 Å². The van der Waals surface area contributed by atoms with Crippen LogP contribution < -0.4 is 0 Å². The minimum atomic E-state index is -5.08. The molecule has 1 aliphatic rings. The largest absolute Gasteiger partial charge is 0.490 e. The van der Waals surface area contributed by atoms with E-state index in [1.807, 2.05) is 14.1 Å². The maximum atomic E-state index is 10.6. The first kappa shape index (κ1) is 14.8. The van der Waals surface area contributed by atoms with E-state index in [1.165, 1.54) is 12.8 Å². The molecule has 1 N–H and O–H groups in total. The molecule has 1 aliphatic carbocycles.